The molecule has 2 aromatic heterocycles. The van der Waals surface area contributed by atoms with Crippen LogP contribution >= 0.6 is 0 Å². The van der Waals surface area contributed by atoms with Crippen molar-refractivity contribution in [1.82, 2.24) is 40.1 Å². The fourth-order valence-electron chi connectivity index (χ4n) is 5.91. The van der Waals surface area contributed by atoms with Crippen LogP contribution in [0.25, 0.3) is 0 Å². The van der Waals surface area contributed by atoms with E-state index in [-0.39, 0.29) is 35.6 Å². The average Bonchev–Trinajstić information content (AvgIpc) is 3.39. The van der Waals surface area contributed by atoms with Gasteiger partial charge in [0.15, 0.2) is 0 Å². The highest BCUT2D eigenvalue weighted by Crippen LogP contribution is 2.54. The molecule has 11 nitrogen and oxygen atoms in total. The molecule has 0 bridgehead atoms. The van der Waals surface area contributed by atoms with Crippen molar-refractivity contribution in [3.05, 3.63) is 66.0 Å². The molecule has 11 heteroatoms. The predicted molar refractivity (Wildman–Crippen MR) is 136 cm³/mol. The number of rotatable bonds is 7. The molecule has 0 unspecified atom stereocenters. The first-order valence-corrected chi connectivity index (χ1v) is 13.0. The molecule has 2 aliphatic heterocycles. The van der Waals surface area contributed by atoms with Gasteiger partial charge in [0.25, 0.3) is 5.91 Å². The van der Waals surface area contributed by atoms with Gasteiger partial charge in [0.1, 0.15) is 12.2 Å². The molecule has 2 N–H and O–H groups in total. The maximum Gasteiger partial charge on any atom is 0.257 e. The van der Waals surface area contributed by atoms with E-state index in [1.165, 1.54) is 6.33 Å². The van der Waals surface area contributed by atoms with Crippen LogP contribution in [0.3, 0.4) is 0 Å². The molecule has 38 heavy (non-hydrogen) atoms. The van der Waals surface area contributed by atoms with E-state index < -0.39 is 11.3 Å². The molecular formula is C27H32N8O3. The lowest BCUT2D eigenvalue weighted by Crippen LogP contribution is -2.64. The van der Waals surface area contributed by atoms with Crippen LogP contribution in [0.15, 0.2) is 49.1 Å². The molecular weight excluding hydrogens is 484 g/mol. The quantitative estimate of drug-likeness (QED) is 0.487. The van der Waals surface area contributed by atoms with Crippen LogP contribution in [-0.2, 0) is 22.7 Å². The summed E-state index contributed by atoms with van der Waals surface area (Å²) in [7, 11) is 0. The first-order chi connectivity index (χ1) is 18.2. The Labute approximate surface area is 220 Å². The maximum absolute atomic E-state index is 13.5. The summed E-state index contributed by atoms with van der Waals surface area (Å²) >= 11 is 0. The Kier molecular flexibility index (Phi) is 5.81. The molecule has 6 rings (SSSR count). The number of carbonyl (C=O) groups is 3. The summed E-state index contributed by atoms with van der Waals surface area (Å²) in [5.41, 5.74) is 1.17. The molecule has 3 aliphatic rings. The Balaban J connectivity index is 1.16. The highest BCUT2D eigenvalue weighted by molar-refractivity contribution is 5.95. The third kappa shape index (κ3) is 4.46. The van der Waals surface area contributed by atoms with Crippen LogP contribution in [0.5, 0.6) is 0 Å². The van der Waals surface area contributed by atoms with Crippen LogP contribution in [0.4, 0.5) is 0 Å². The summed E-state index contributed by atoms with van der Waals surface area (Å²) in [6, 6.07) is 9.94. The van der Waals surface area contributed by atoms with Crippen molar-refractivity contribution in [3.63, 3.8) is 0 Å². The summed E-state index contributed by atoms with van der Waals surface area (Å²) in [4.78, 5) is 47.5. The van der Waals surface area contributed by atoms with Crippen LogP contribution < -0.4 is 5.32 Å². The fourth-order valence-corrected chi connectivity index (χ4v) is 5.91. The predicted octanol–water partition coefficient (Wildman–Crippen LogP) is 1.31. The van der Waals surface area contributed by atoms with Gasteiger partial charge in [0.05, 0.1) is 30.8 Å². The van der Waals surface area contributed by atoms with Crippen molar-refractivity contribution in [1.29, 1.82) is 0 Å². The Bertz CT molecular complexity index is 1340. The van der Waals surface area contributed by atoms with Crippen LogP contribution in [0.1, 0.15) is 42.0 Å². The molecule has 1 saturated carbocycles. The minimum atomic E-state index is -0.462. The number of hydrogen-bond acceptors (Lipinski definition) is 6. The Morgan fingerprint density at radius 3 is 2.50 bits per heavy atom. The molecule has 2 saturated heterocycles. The highest BCUT2D eigenvalue weighted by atomic mass is 16.2. The number of aromatic nitrogens is 5. The number of benzene rings is 1. The number of carbonyl (C=O) groups excluding carboxylic acids is 3. The normalized spacial score (nSPS) is 22.8. The van der Waals surface area contributed by atoms with Gasteiger partial charge in [-0.2, -0.15) is 10.2 Å². The van der Waals surface area contributed by atoms with Gasteiger partial charge in [-0.15, -0.1) is 0 Å². The van der Waals surface area contributed by atoms with E-state index in [0.717, 1.165) is 12.0 Å². The summed E-state index contributed by atoms with van der Waals surface area (Å²) in [5, 5.41) is 13.9. The Morgan fingerprint density at radius 1 is 1.08 bits per heavy atom. The number of nitrogens with zero attached hydrogens (tertiary/aromatic N) is 6. The van der Waals surface area contributed by atoms with Crippen LogP contribution in [0.2, 0.25) is 0 Å². The van der Waals surface area contributed by atoms with Crippen molar-refractivity contribution in [2.24, 2.45) is 22.7 Å². The first-order valence-electron chi connectivity index (χ1n) is 13.0. The van der Waals surface area contributed by atoms with E-state index >= 15 is 0 Å². The number of amides is 3. The van der Waals surface area contributed by atoms with Crippen LogP contribution in [0, 0.1) is 22.7 Å². The van der Waals surface area contributed by atoms with Crippen molar-refractivity contribution in [3.8, 4) is 0 Å². The zero-order valence-electron chi connectivity index (χ0n) is 21.6. The molecule has 1 aromatic carbocycles. The van der Waals surface area contributed by atoms with E-state index in [4.69, 9.17) is 0 Å². The topological polar surface area (TPSA) is 129 Å². The number of nitrogens with one attached hydrogen (secondary N) is 2. The molecule has 2 atom stereocenters. The van der Waals surface area contributed by atoms with Crippen molar-refractivity contribution >= 4 is 17.7 Å². The standard InChI is InChI=1S/C27H32N8O3/c1-26(2)8-20(26)25(38)34-15-27(16-34)14-33(13-21(27)23(36)28-10-22-29-17-30-32-22)24(37)19-9-31-35(12-19)11-18-6-4-3-5-7-18/h3-7,9,12,17,20-21H,8,10-11,13-16H2,1-2H3,(H,28,36)(H,29,30,32)/t20-,21-/m1/s1. The van der Waals surface area contributed by atoms with Gasteiger partial charge in [-0.1, -0.05) is 44.2 Å². The lowest BCUT2D eigenvalue weighted by molar-refractivity contribution is -0.151. The number of H-pyrrole nitrogens is 1. The van der Waals surface area contributed by atoms with Gasteiger partial charge in [-0.05, 0) is 17.4 Å². The van der Waals surface area contributed by atoms with Gasteiger partial charge >= 0.3 is 0 Å². The highest BCUT2D eigenvalue weighted by Gasteiger charge is 2.61. The maximum atomic E-state index is 13.5. The molecule has 3 amide bonds. The van der Waals surface area contributed by atoms with Gasteiger partial charge in [0, 0.05) is 43.7 Å². The molecule has 1 spiro atoms. The zero-order chi connectivity index (χ0) is 26.5. The van der Waals surface area contributed by atoms with E-state index in [1.807, 2.05) is 35.2 Å². The lowest BCUT2D eigenvalue weighted by Gasteiger charge is -2.50. The van der Waals surface area contributed by atoms with E-state index in [1.54, 1.807) is 22.0 Å². The largest absolute Gasteiger partial charge is 0.349 e. The molecule has 3 aromatic rings. The smallest absolute Gasteiger partial charge is 0.257 e. The summed E-state index contributed by atoms with van der Waals surface area (Å²) in [5.74, 6) is 0.0507. The number of hydrogen-bond donors (Lipinski definition) is 2. The van der Waals surface area contributed by atoms with Crippen molar-refractivity contribution < 1.29 is 14.4 Å². The van der Waals surface area contributed by atoms with E-state index in [2.05, 4.69) is 39.4 Å². The minimum absolute atomic E-state index is 0.0469. The fraction of sp³-hybridized carbons (Fsp3) is 0.481. The lowest BCUT2D eigenvalue weighted by atomic mass is 9.71. The zero-order valence-corrected chi connectivity index (χ0v) is 21.6. The van der Waals surface area contributed by atoms with Gasteiger partial charge in [-0.3, -0.25) is 24.2 Å². The van der Waals surface area contributed by atoms with E-state index in [0.29, 0.717) is 44.1 Å². The van der Waals surface area contributed by atoms with Crippen LogP contribution in [-0.4, -0.2) is 78.7 Å². The molecule has 198 valence electrons. The second-order valence-electron chi connectivity index (χ2n) is 11.6. The van der Waals surface area contributed by atoms with Crippen molar-refractivity contribution in [2.45, 2.75) is 33.4 Å². The molecule has 1 aliphatic carbocycles. The third-order valence-electron chi connectivity index (χ3n) is 8.35. The summed E-state index contributed by atoms with van der Waals surface area (Å²) in [6.45, 7) is 6.70. The third-order valence-corrected chi connectivity index (χ3v) is 8.35. The summed E-state index contributed by atoms with van der Waals surface area (Å²) in [6.07, 6.45) is 5.63. The minimum Gasteiger partial charge on any atom is -0.349 e. The van der Waals surface area contributed by atoms with Crippen molar-refractivity contribution in [2.75, 3.05) is 26.2 Å². The summed E-state index contributed by atoms with van der Waals surface area (Å²) < 4.78 is 1.75. The monoisotopic (exact) mass is 516 g/mol. The Hall–Kier alpha value is -4.02. The molecule has 3 fully saturated rings. The first kappa shape index (κ1) is 24.3. The molecule has 0 radical (unpaired) electrons. The number of likely N-dealkylation sites (tertiary alicyclic amines) is 2. The Morgan fingerprint density at radius 2 is 1.82 bits per heavy atom. The average molecular weight is 517 g/mol. The van der Waals surface area contributed by atoms with Gasteiger partial charge < -0.3 is 15.1 Å². The van der Waals surface area contributed by atoms with E-state index in [9.17, 15) is 14.4 Å². The second-order valence-corrected chi connectivity index (χ2v) is 11.6. The number of aromatic amines is 1. The van der Waals surface area contributed by atoms with Gasteiger partial charge in [-0.25, -0.2) is 4.98 Å². The van der Waals surface area contributed by atoms with Gasteiger partial charge in [0.2, 0.25) is 11.8 Å². The second kappa shape index (κ2) is 9.07. The SMILES string of the molecule is CC1(C)C[C@@H]1C(=O)N1CC2(CN(C(=O)c3cnn(Cc4ccccc4)c3)C[C@@H]2C(=O)NCc2ncn[nH]2)C1. The molecule has 4 heterocycles.